The molecule has 0 aliphatic heterocycles. The molecule has 0 amide bonds. The molecule has 0 spiro atoms. The summed E-state index contributed by atoms with van der Waals surface area (Å²) in [6.45, 7) is 1.54. The summed E-state index contributed by atoms with van der Waals surface area (Å²) in [5.41, 5.74) is 1.51. The van der Waals surface area contributed by atoms with Crippen molar-refractivity contribution in [3.63, 3.8) is 0 Å². The first-order chi connectivity index (χ1) is 8.09. The fourth-order valence-electron chi connectivity index (χ4n) is 1.44. The number of rotatable bonds is 3. The minimum atomic E-state index is -0.0128. The maximum atomic E-state index is 11.6. The van der Waals surface area contributed by atoms with Crippen molar-refractivity contribution in [1.29, 1.82) is 0 Å². The van der Waals surface area contributed by atoms with Crippen LogP contribution in [0.3, 0.4) is 0 Å². The largest absolute Gasteiger partial charge is 0.354 e. The Hall–Kier alpha value is -1.75. The van der Waals surface area contributed by atoms with Gasteiger partial charge in [0, 0.05) is 33.4 Å². The van der Waals surface area contributed by atoms with E-state index >= 15 is 0 Å². The number of hydrogen-bond donors (Lipinski definition) is 0. The molecule has 0 unspecified atom stereocenters. The lowest BCUT2D eigenvalue weighted by Crippen LogP contribution is -2.08. The van der Waals surface area contributed by atoms with E-state index in [1.807, 2.05) is 31.1 Å². The SMILES string of the molecule is CC(=O)c1nc(N(C)C)sc1-c1ccncc1. The van der Waals surface area contributed by atoms with Crippen molar-refractivity contribution in [2.24, 2.45) is 0 Å². The van der Waals surface area contributed by atoms with Gasteiger partial charge in [0.25, 0.3) is 0 Å². The van der Waals surface area contributed by atoms with Gasteiger partial charge >= 0.3 is 0 Å². The molecule has 17 heavy (non-hydrogen) atoms. The minimum absolute atomic E-state index is 0.0128. The fraction of sp³-hybridized carbons (Fsp3) is 0.250. The Kier molecular flexibility index (Phi) is 3.19. The van der Waals surface area contributed by atoms with E-state index in [1.165, 1.54) is 11.3 Å². The molecular formula is C12H13N3OS. The number of pyridine rings is 1. The molecule has 0 bridgehead atoms. The smallest absolute Gasteiger partial charge is 0.186 e. The monoisotopic (exact) mass is 247 g/mol. The van der Waals surface area contributed by atoms with Crippen LogP contribution in [0.1, 0.15) is 17.4 Å². The van der Waals surface area contributed by atoms with Crippen LogP contribution in [0.15, 0.2) is 24.5 Å². The maximum absolute atomic E-state index is 11.6. The van der Waals surface area contributed by atoms with Crippen LogP contribution in [0.5, 0.6) is 0 Å². The molecule has 0 aliphatic rings. The first kappa shape index (κ1) is 11.7. The van der Waals surface area contributed by atoms with Gasteiger partial charge in [0.2, 0.25) is 0 Å². The Morgan fingerprint density at radius 1 is 1.29 bits per heavy atom. The summed E-state index contributed by atoms with van der Waals surface area (Å²) in [7, 11) is 3.83. The maximum Gasteiger partial charge on any atom is 0.186 e. The highest BCUT2D eigenvalue weighted by Gasteiger charge is 2.17. The second-order valence-corrected chi connectivity index (χ2v) is 4.84. The average molecular weight is 247 g/mol. The number of hydrogen-bond acceptors (Lipinski definition) is 5. The highest BCUT2D eigenvalue weighted by molar-refractivity contribution is 7.19. The Morgan fingerprint density at radius 2 is 1.94 bits per heavy atom. The predicted molar refractivity (Wildman–Crippen MR) is 69.7 cm³/mol. The lowest BCUT2D eigenvalue weighted by molar-refractivity contribution is 0.101. The van der Waals surface area contributed by atoms with Crippen LogP contribution in [0.4, 0.5) is 5.13 Å². The molecule has 0 fully saturated rings. The van der Waals surface area contributed by atoms with Gasteiger partial charge in [-0.25, -0.2) is 4.98 Å². The lowest BCUT2D eigenvalue weighted by atomic mass is 10.1. The second kappa shape index (κ2) is 4.63. The van der Waals surface area contributed by atoms with Crippen LogP contribution < -0.4 is 4.90 Å². The van der Waals surface area contributed by atoms with E-state index in [1.54, 1.807) is 19.3 Å². The first-order valence-electron chi connectivity index (χ1n) is 5.19. The van der Waals surface area contributed by atoms with Gasteiger partial charge in [-0.3, -0.25) is 9.78 Å². The molecule has 2 aromatic rings. The van der Waals surface area contributed by atoms with Crippen molar-refractivity contribution >= 4 is 22.3 Å². The van der Waals surface area contributed by atoms with E-state index in [0.29, 0.717) is 5.69 Å². The predicted octanol–water partition coefficient (Wildman–Crippen LogP) is 2.47. The van der Waals surface area contributed by atoms with Gasteiger partial charge in [0.1, 0.15) is 5.69 Å². The normalized spacial score (nSPS) is 10.3. The molecule has 0 aliphatic carbocycles. The molecule has 0 saturated heterocycles. The third kappa shape index (κ3) is 2.34. The number of carbonyl (C=O) groups is 1. The molecule has 2 aromatic heterocycles. The summed E-state index contributed by atoms with van der Waals surface area (Å²) in [5, 5.41) is 0.835. The number of aromatic nitrogens is 2. The van der Waals surface area contributed by atoms with Gasteiger partial charge in [-0.1, -0.05) is 11.3 Å². The molecule has 2 rings (SSSR count). The number of carbonyl (C=O) groups excluding carboxylic acids is 1. The molecule has 88 valence electrons. The molecule has 0 N–H and O–H groups in total. The lowest BCUT2D eigenvalue weighted by Gasteiger charge is -2.05. The summed E-state index contributed by atoms with van der Waals surface area (Å²) in [6, 6.07) is 3.78. The van der Waals surface area contributed by atoms with Crippen molar-refractivity contribution in [3.05, 3.63) is 30.2 Å². The third-order valence-corrected chi connectivity index (χ3v) is 3.55. The molecule has 0 saturated carbocycles. The van der Waals surface area contributed by atoms with Crippen LogP contribution >= 0.6 is 11.3 Å². The van der Waals surface area contributed by atoms with E-state index in [4.69, 9.17) is 0 Å². The summed E-state index contributed by atoms with van der Waals surface area (Å²) >= 11 is 1.52. The Bertz CT molecular complexity index is 534. The highest BCUT2D eigenvalue weighted by Crippen LogP contribution is 2.34. The molecule has 5 heteroatoms. The van der Waals surface area contributed by atoms with Gasteiger partial charge < -0.3 is 4.90 Å². The van der Waals surface area contributed by atoms with Crippen LogP contribution in [-0.2, 0) is 0 Å². The summed E-state index contributed by atoms with van der Waals surface area (Å²) in [5.74, 6) is -0.0128. The Balaban J connectivity index is 2.56. The zero-order valence-electron chi connectivity index (χ0n) is 9.97. The van der Waals surface area contributed by atoms with Crippen LogP contribution in [-0.4, -0.2) is 29.8 Å². The second-order valence-electron chi connectivity index (χ2n) is 3.86. The van der Waals surface area contributed by atoms with Gasteiger partial charge in [-0.2, -0.15) is 0 Å². The van der Waals surface area contributed by atoms with Gasteiger partial charge in [-0.05, 0) is 17.7 Å². The standard InChI is InChI=1S/C12H13N3OS/c1-8(16)10-11(9-4-6-13-7-5-9)17-12(14-10)15(2)3/h4-7H,1-3H3. The summed E-state index contributed by atoms with van der Waals surface area (Å²) in [4.78, 5) is 22.7. The van der Waals surface area contributed by atoms with E-state index in [9.17, 15) is 4.79 Å². The third-order valence-electron chi connectivity index (χ3n) is 2.27. The van der Waals surface area contributed by atoms with Crippen molar-refractivity contribution in [1.82, 2.24) is 9.97 Å². The van der Waals surface area contributed by atoms with Crippen molar-refractivity contribution in [2.75, 3.05) is 19.0 Å². The van der Waals surface area contributed by atoms with E-state index < -0.39 is 0 Å². The molecule has 0 aromatic carbocycles. The zero-order chi connectivity index (χ0) is 12.4. The summed E-state index contributed by atoms with van der Waals surface area (Å²) in [6.07, 6.45) is 3.43. The van der Waals surface area contributed by atoms with Gasteiger partial charge in [0.15, 0.2) is 10.9 Å². The van der Waals surface area contributed by atoms with Crippen LogP contribution in [0.2, 0.25) is 0 Å². The molecule has 0 radical (unpaired) electrons. The van der Waals surface area contributed by atoms with Crippen LogP contribution in [0.25, 0.3) is 10.4 Å². The number of thiazole rings is 1. The highest BCUT2D eigenvalue weighted by atomic mass is 32.1. The molecular weight excluding hydrogens is 234 g/mol. The minimum Gasteiger partial charge on any atom is -0.354 e. The molecule has 2 heterocycles. The topological polar surface area (TPSA) is 46.1 Å². The number of Topliss-reactive ketones (excluding diaryl/α,β-unsaturated/α-hetero) is 1. The van der Waals surface area contributed by atoms with Crippen LogP contribution in [0, 0.1) is 0 Å². The van der Waals surface area contributed by atoms with Crippen molar-refractivity contribution < 1.29 is 4.79 Å². The number of anilines is 1. The van der Waals surface area contributed by atoms with Gasteiger partial charge in [0.05, 0.1) is 4.88 Å². The average Bonchev–Trinajstić information content (AvgIpc) is 2.75. The number of nitrogens with zero attached hydrogens (tertiary/aromatic N) is 3. The zero-order valence-corrected chi connectivity index (χ0v) is 10.8. The summed E-state index contributed by atoms with van der Waals surface area (Å²) < 4.78 is 0. The Labute approximate surface area is 104 Å². The van der Waals surface area contributed by atoms with Crippen molar-refractivity contribution in [3.8, 4) is 10.4 Å². The van der Waals surface area contributed by atoms with E-state index in [0.717, 1.165) is 15.6 Å². The fourth-order valence-corrected chi connectivity index (χ4v) is 2.48. The molecule has 4 nitrogen and oxygen atoms in total. The van der Waals surface area contributed by atoms with E-state index in [-0.39, 0.29) is 5.78 Å². The number of ketones is 1. The quantitative estimate of drug-likeness (QED) is 0.782. The van der Waals surface area contributed by atoms with Crippen molar-refractivity contribution in [2.45, 2.75) is 6.92 Å². The Morgan fingerprint density at radius 3 is 2.47 bits per heavy atom. The first-order valence-corrected chi connectivity index (χ1v) is 6.00. The van der Waals surface area contributed by atoms with E-state index in [2.05, 4.69) is 9.97 Å². The molecule has 0 atom stereocenters. The van der Waals surface area contributed by atoms with Gasteiger partial charge in [-0.15, -0.1) is 0 Å².